The molecular formula is C17H19N3O3S. The molecule has 0 spiro atoms. The first-order valence-corrected chi connectivity index (χ1v) is 8.67. The van der Waals surface area contributed by atoms with Crippen LogP contribution in [0.5, 0.6) is 11.9 Å². The number of likely N-dealkylation sites (tertiary alicyclic amines) is 1. The highest BCUT2D eigenvalue weighted by Gasteiger charge is 2.24. The molecule has 0 N–H and O–H groups in total. The molecule has 1 saturated heterocycles. The number of methoxy groups -OCH3 is 1. The van der Waals surface area contributed by atoms with Crippen molar-refractivity contribution in [2.24, 2.45) is 0 Å². The first-order chi connectivity index (χ1) is 11.7. The molecule has 0 aromatic carbocycles. The van der Waals surface area contributed by atoms with Crippen LogP contribution in [0.2, 0.25) is 0 Å². The number of nitrogens with zero attached hydrogens (tertiary/aromatic N) is 3. The summed E-state index contributed by atoms with van der Waals surface area (Å²) in [5.74, 6) is 0.479. The summed E-state index contributed by atoms with van der Waals surface area (Å²) in [5, 5.41) is 1.99. The van der Waals surface area contributed by atoms with E-state index in [9.17, 15) is 4.79 Å². The predicted octanol–water partition coefficient (Wildman–Crippen LogP) is 2.63. The molecule has 1 aliphatic heterocycles. The fraction of sp³-hybridized carbons (Fsp3) is 0.353. The van der Waals surface area contributed by atoms with Gasteiger partial charge in [-0.3, -0.25) is 4.79 Å². The zero-order valence-electron chi connectivity index (χ0n) is 13.4. The van der Waals surface area contributed by atoms with Crippen LogP contribution in [0.4, 0.5) is 0 Å². The molecule has 1 atom stereocenters. The summed E-state index contributed by atoms with van der Waals surface area (Å²) in [6, 6.07) is 5.92. The molecule has 6 nitrogen and oxygen atoms in total. The van der Waals surface area contributed by atoms with Gasteiger partial charge in [-0.2, -0.15) is 4.98 Å². The lowest BCUT2D eigenvalue weighted by Gasteiger charge is -2.32. The third kappa shape index (κ3) is 4.32. The van der Waals surface area contributed by atoms with E-state index >= 15 is 0 Å². The van der Waals surface area contributed by atoms with Crippen LogP contribution in [0.3, 0.4) is 0 Å². The summed E-state index contributed by atoms with van der Waals surface area (Å²) >= 11 is 1.61. The van der Waals surface area contributed by atoms with Crippen LogP contribution in [0.1, 0.15) is 17.7 Å². The average molecular weight is 345 g/mol. The highest BCUT2D eigenvalue weighted by atomic mass is 32.1. The number of thiophene rings is 1. The average Bonchev–Trinajstić information content (AvgIpc) is 3.13. The van der Waals surface area contributed by atoms with E-state index in [-0.39, 0.29) is 18.0 Å². The molecule has 2 aromatic heterocycles. The zero-order chi connectivity index (χ0) is 16.8. The highest BCUT2D eigenvalue weighted by molar-refractivity contribution is 7.10. The second-order valence-corrected chi connectivity index (χ2v) is 6.38. The second-order valence-electron chi connectivity index (χ2n) is 5.40. The van der Waals surface area contributed by atoms with Crippen molar-refractivity contribution < 1.29 is 14.3 Å². The van der Waals surface area contributed by atoms with Crippen molar-refractivity contribution in [3.63, 3.8) is 0 Å². The molecule has 0 saturated carbocycles. The topological polar surface area (TPSA) is 64.6 Å². The molecule has 2 aromatic rings. The van der Waals surface area contributed by atoms with E-state index < -0.39 is 0 Å². The van der Waals surface area contributed by atoms with Gasteiger partial charge in [-0.1, -0.05) is 6.07 Å². The summed E-state index contributed by atoms with van der Waals surface area (Å²) in [6.07, 6.45) is 6.80. The van der Waals surface area contributed by atoms with Crippen LogP contribution in [0.25, 0.3) is 6.08 Å². The quantitative estimate of drug-likeness (QED) is 0.780. The van der Waals surface area contributed by atoms with Crippen molar-refractivity contribution in [3.8, 4) is 11.9 Å². The molecule has 0 aliphatic carbocycles. The summed E-state index contributed by atoms with van der Waals surface area (Å²) in [4.78, 5) is 23.3. The van der Waals surface area contributed by atoms with Gasteiger partial charge < -0.3 is 14.4 Å². The second kappa shape index (κ2) is 7.92. The van der Waals surface area contributed by atoms with Gasteiger partial charge in [-0.15, -0.1) is 11.3 Å². The van der Waals surface area contributed by atoms with Crippen LogP contribution in [0.15, 0.2) is 35.9 Å². The number of ether oxygens (including phenoxy) is 2. The minimum atomic E-state index is -0.0718. The fourth-order valence-electron chi connectivity index (χ4n) is 2.54. The number of carbonyl (C=O) groups excluding carboxylic acids is 1. The van der Waals surface area contributed by atoms with Gasteiger partial charge in [-0.25, -0.2) is 4.98 Å². The van der Waals surface area contributed by atoms with Gasteiger partial charge in [0, 0.05) is 29.8 Å². The Morgan fingerprint density at radius 2 is 2.38 bits per heavy atom. The van der Waals surface area contributed by atoms with Crippen molar-refractivity contribution in [1.82, 2.24) is 14.9 Å². The van der Waals surface area contributed by atoms with Crippen LogP contribution in [0, 0.1) is 0 Å². The van der Waals surface area contributed by atoms with Crippen molar-refractivity contribution >= 4 is 23.3 Å². The van der Waals surface area contributed by atoms with Crippen LogP contribution in [-0.2, 0) is 4.79 Å². The summed E-state index contributed by atoms with van der Waals surface area (Å²) < 4.78 is 10.9. The van der Waals surface area contributed by atoms with Crippen LogP contribution in [-0.4, -0.2) is 47.1 Å². The Balaban J connectivity index is 1.58. The molecular weight excluding hydrogens is 326 g/mol. The first-order valence-electron chi connectivity index (χ1n) is 7.79. The Morgan fingerprint density at radius 3 is 3.17 bits per heavy atom. The lowest BCUT2D eigenvalue weighted by molar-refractivity contribution is -0.128. The van der Waals surface area contributed by atoms with E-state index in [2.05, 4.69) is 9.97 Å². The van der Waals surface area contributed by atoms with E-state index in [1.165, 1.54) is 7.11 Å². The van der Waals surface area contributed by atoms with Gasteiger partial charge in [0.15, 0.2) is 0 Å². The van der Waals surface area contributed by atoms with Gasteiger partial charge >= 0.3 is 6.01 Å². The fourth-order valence-corrected chi connectivity index (χ4v) is 3.16. The maximum absolute atomic E-state index is 12.3. The molecule has 0 bridgehead atoms. The van der Waals surface area contributed by atoms with Gasteiger partial charge in [0.2, 0.25) is 11.8 Å². The molecule has 126 valence electrons. The Bertz CT molecular complexity index is 703. The SMILES string of the molecule is COc1nccc(OC2CCCN(C(=O)/C=C/c3cccs3)C2)n1. The molecule has 7 heteroatoms. The summed E-state index contributed by atoms with van der Waals surface area (Å²) in [7, 11) is 1.51. The van der Waals surface area contributed by atoms with E-state index in [0.29, 0.717) is 12.4 Å². The van der Waals surface area contributed by atoms with Gasteiger partial charge in [0.05, 0.1) is 13.7 Å². The van der Waals surface area contributed by atoms with Crippen molar-refractivity contribution in [1.29, 1.82) is 0 Å². The van der Waals surface area contributed by atoms with E-state index in [1.54, 1.807) is 29.7 Å². The normalized spacial score (nSPS) is 17.9. The summed E-state index contributed by atoms with van der Waals surface area (Å²) in [6.45, 7) is 1.31. The zero-order valence-corrected chi connectivity index (χ0v) is 14.2. The third-order valence-electron chi connectivity index (χ3n) is 3.70. The Hall–Kier alpha value is -2.41. The number of carbonyl (C=O) groups is 1. The van der Waals surface area contributed by atoms with Gasteiger partial charge in [0.25, 0.3) is 0 Å². The number of hydrogen-bond donors (Lipinski definition) is 0. The van der Waals surface area contributed by atoms with Crippen molar-refractivity contribution in [3.05, 3.63) is 40.7 Å². The molecule has 0 radical (unpaired) electrons. The Labute approximate surface area is 144 Å². The van der Waals surface area contributed by atoms with Gasteiger partial charge in [0.1, 0.15) is 6.10 Å². The Kier molecular flexibility index (Phi) is 5.43. The third-order valence-corrected chi connectivity index (χ3v) is 4.54. The standard InChI is InChI=1S/C17H19N3O3S/c1-22-17-18-9-8-15(19-17)23-13-4-2-10-20(12-13)16(21)7-6-14-5-3-11-24-14/h3,5-9,11,13H,2,4,10,12H2,1H3/b7-6+. The van der Waals surface area contributed by atoms with Crippen LogP contribution >= 0.6 is 11.3 Å². The molecule has 24 heavy (non-hydrogen) atoms. The monoisotopic (exact) mass is 345 g/mol. The number of hydrogen-bond acceptors (Lipinski definition) is 6. The molecule has 1 amide bonds. The number of piperidine rings is 1. The van der Waals surface area contributed by atoms with Gasteiger partial charge in [-0.05, 0) is 30.4 Å². The van der Waals surface area contributed by atoms with E-state index in [4.69, 9.17) is 9.47 Å². The minimum Gasteiger partial charge on any atom is -0.472 e. The van der Waals surface area contributed by atoms with Crippen LogP contribution < -0.4 is 9.47 Å². The Morgan fingerprint density at radius 1 is 1.46 bits per heavy atom. The van der Waals surface area contributed by atoms with E-state index in [1.807, 2.05) is 28.5 Å². The lowest BCUT2D eigenvalue weighted by Crippen LogP contribution is -2.43. The molecule has 1 aliphatic rings. The number of aromatic nitrogens is 2. The number of rotatable bonds is 5. The molecule has 1 unspecified atom stereocenters. The smallest absolute Gasteiger partial charge is 0.319 e. The highest BCUT2D eigenvalue weighted by Crippen LogP contribution is 2.18. The summed E-state index contributed by atoms with van der Waals surface area (Å²) in [5.41, 5.74) is 0. The minimum absolute atomic E-state index is 0.0111. The lowest BCUT2D eigenvalue weighted by atomic mass is 10.1. The maximum atomic E-state index is 12.3. The number of amides is 1. The predicted molar refractivity (Wildman–Crippen MR) is 92.2 cm³/mol. The van der Waals surface area contributed by atoms with Crippen molar-refractivity contribution in [2.45, 2.75) is 18.9 Å². The largest absolute Gasteiger partial charge is 0.472 e. The molecule has 3 rings (SSSR count). The van der Waals surface area contributed by atoms with E-state index in [0.717, 1.165) is 24.3 Å². The first kappa shape index (κ1) is 16.4. The molecule has 1 fully saturated rings. The van der Waals surface area contributed by atoms with Crippen molar-refractivity contribution in [2.75, 3.05) is 20.2 Å². The molecule has 3 heterocycles. The maximum Gasteiger partial charge on any atom is 0.319 e.